The average molecular weight is 292 g/mol. The van der Waals surface area contributed by atoms with E-state index in [1.807, 2.05) is 6.92 Å². The van der Waals surface area contributed by atoms with Crippen LogP contribution in [0.1, 0.15) is 19.8 Å². The molecule has 0 unspecified atom stereocenters. The van der Waals surface area contributed by atoms with Crippen molar-refractivity contribution in [2.45, 2.75) is 24.1 Å². The van der Waals surface area contributed by atoms with Crippen molar-refractivity contribution in [3.8, 4) is 0 Å². The molecule has 0 amide bonds. The van der Waals surface area contributed by atoms with Crippen LogP contribution in [0.25, 0.3) is 0 Å². The van der Waals surface area contributed by atoms with Crippen molar-refractivity contribution >= 4 is 36.8 Å². The van der Waals surface area contributed by atoms with E-state index in [1.54, 1.807) is 0 Å². The molecule has 0 aliphatic rings. The summed E-state index contributed by atoms with van der Waals surface area (Å²) in [6, 6.07) is 0. The summed E-state index contributed by atoms with van der Waals surface area (Å²) in [6.07, 6.45) is 1.13. The molecule has 0 aliphatic heterocycles. The van der Waals surface area contributed by atoms with Gasteiger partial charge in [-0.25, -0.2) is 4.57 Å². The van der Waals surface area contributed by atoms with E-state index in [-0.39, 0.29) is 5.90 Å². The van der Waals surface area contributed by atoms with Gasteiger partial charge in [0.05, 0.1) is 7.11 Å². The molecular formula is C8H16Cl2NO4P. The summed E-state index contributed by atoms with van der Waals surface area (Å²) in [5.41, 5.74) is 0. The highest BCUT2D eigenvalue weighted by Crippen LogP contribution is 2.49. The number of methoxy groups -OCH3 is 1. The van der Waals surface area contributed by atoms with E-state index in [2.05, 4.69) is 13.8 Å². The Labute approximate surface area is 106 Å². The predicted molar refractivity (Wildman–Crippen MR) is 65.4 cm³/mol. The summed E-state index contributed by atoms with van der Waals surface area (Å²) in [4.78, 5) is 0. The molecular weight excluding hydrogens is 276 g/mol. The summed E-state index contributed by atoms with van der Waals surface area (Å²) in [5.74, 6) is -0.0790. The first kappa shape index (κ1) is 16.2. The summed E-state index contributed by atoms with van der Waals surface area (Å²) in [6.45, 7) is 1.90. The van der Waals surface area contributed by atoms with E-state index in [0.717, 1.165) is 6.42 Å². The van der Waals surface area contributed by atoms with Crippen LogP contribution < -0.4 is 0 Å². The maximum absolute atomic E-state index is 11.7. The van der Waals surface area contributed by atoms with Crippen LogP contribution in [-0.4, -0.2) is 31.6 Å². The number of alkyl halides is 2. The second-order valence-electron chi connectivity index (χ2n) is 2.90. The summed E-state index contributed by atoms with van der Waals surface area (Å²) < 4.78 is 28.3. The monoisotopic (exact) mass is 291 g/mol. The van der Waals surface area contributed by atoms with Crippen LogP contribution in [0.15, 0.2) is 4.76 Å². The van der Waals surface area contributed by atoms with Crippen LogP contribution in [0, 0.1) is 0 Å². The second kappa shape index (κ2) is 6.82. The van der Waals surface area contributed by atoms with E-state index >= 15 is 0 Å². The van der Waals surface area contributed by atoms with Crippen molar-refractivity contribution in [2.75, 3.05) is 21.3 Å². The van der Waals surface area contributed by atoms with Crippen molar-refractivity contribution < 1.29 is 18.3 Å². The van der Waals surface area contributed by atoms with E-state index in [4.69, 9.17) is 27.9 Å². The van der Waals surface area contributed by atoms with Gasteiger partial charge < -0.3 is 4.74 Å². The van der Waals surface area contributed by atoms with Gasteiger partial charge in [-0.15, -0.1) is 4.76 Å². The highest BCUT2D eigenvalue weighted by Gasteiger charge is 2.35. The topological polar surface area (TPSA) is 57.1 Å². The first-order chi connectivity index (χ1) is 7.35. The van der Waals surface area contributed by atoms with Gasteiger partial charge in [0.2, 0.25) is 5.90 Å². The third kappa shape index (κ3) is 4.60. The minimum absolute atomic E-state index is 0.0790. The molecule has 0 N–H and O–H groups in total. The van der Waals surface area contributed by atoms with Gasteiger partial charge in [-0.1, -0.05) is 36.5 Å². The molecule has 0 fully saturated rings. The Morgan fingerprint density at radius 1 is 1.31 bits per heavy atom. The van der Waals surface area contributed by atoms with E-state index < -0.39 is 12.1 Å². The summed E-state index contributed by atoms with van der Waals surface area (Å²) >= 11 is 12.0. The van der Waals surface area contributed by atoms with Crippen LogP contribution in [0.2, 0.25) is 0 Å². The maximum atomic E-state index is 11.7. The quantitative estimate of drug-likeness (QED) is 0.326. The summed E-state index contributed by atoms with van der Waals surface area (Å²) in [5, 5.41) is 0. The molecule has 0 rings (SSSR count). The maximum Gasteiger partial charge on any atom is 0.456 e. The highest BCUT2D eigenvalue weighted by molar-refractivity contribution is 7.52. The van der Waals surface area contributed by atoms with Crippen LogP contribution in [0.4, 0.5) is 0 Å². The molecule has 0 radical (unpaired) electrons. The standard InChI is InChI=1S/C8H16Cl2NO4P/c1-5-6-8(9,10)7(13-2)11-16(12,14-3)15-4/h5-6H2,1-4H3. The van der Waals surface area contributed by atoms with Gasteiger partial charge in [0, 0.05) is 14.2 Å². The fourth-order valence-electron chi connectivity index (χ4n) is 0.952. The Kier molecular flexibility index (Phi) is 6.90. The SMILES string of the molecule is CCCC(Cl)(Cl)C(=NP(=O)(OC)OC)OC. The fourth-order valence-corrected chi connectivity index (χ4v) is 2.47. The largest absolute Gasteiger partial charge is 0.482 e. The molecule has 0 aromatic carbocycles. The van der Waals surface area contributed by atoms with Gasteiger partial charge in [-0.3, -0.25) is 9.05 Å². The molecule has 0 saturated heterocycles. The number of rotatable bonds is 6. The smallest absolute Gasteiger partial charge is 0.456 e. The van der Waals surface area contributed by atoms with Crippen LogP contribution in [0.5, 0.6) is 0 Å². The molecule has 0 aromatic rings. The summed E-state index contributed by atoms with van der Waals surface area (Å²) in [7, 11) is 0.184. The number of nitrogens with zero attached hydrogens (tertiary/aromatic N) is 1. The molecule has 0 spiro atoms. The lowest BCUT2D eigenvalue weighted by Gasteiger charge is -2.20. The molecule has 96 valence electrons. The van der Waals surface area contributed by atoms with Crippen molar-refractivity contribution in [2.24, 2.45) is 4.76 Å². The van der Waals surface area contributed by atoms with Crippen LogP contribution in [-0.2, 0) is 18.3 Å². The zero-order valence-electron chi connectivity index (χ0n) is 9.70. The normalized spacial score (nSPS) is 14.0. The van der Waals surface area contributed by atoms with Crippen molar-refractivity contribution in [1.82, 2.24) is 0 Å². The van der Waals surface area contributed by atoms with Gasteiger partial charge in [0.25, 0.3) is 0 Å². The number of halogens is 2. The first-order valence-corrected chi connectivity index (χ1v) is 6.84. The Morgan fingerprint density at radius 2 is 1.81 bits per heavy atom. The molecule has 0 heterocycles. The minimum Gasteiger partial charge on any atom is -0.482 e. The van der Waals surface area contributed by atoms with E-state index in [9.17, 15) is 4.57 Å². The third-order valence-electron chi connectivity index (χ3n) is 1.74. The van der Waals surface area contributed by atoms with Crippen molar-refractivity contribution in [3.63, 3.8) is 0 Å². The Morgan fingerprint density at radius 3 is 2.12 bits per heavy atom. The van der Waals surface area contributed by atoms with Gasteiger partial charge in [0.1, 0.15) is 0 Å². The molecule has 16 heavy (non-hydrogen) atoms. The highest BCUT2D eigenvalue weighted by atomic mass is 35.5. The minimum atomic E-state index is -3.58. The van der Waals surface area contributed by atoms with Crippen molar-refractivity contribution in [1.29, 1.82) is 0 Å². The lowest BCUT2D eigenvalue weighted by molar-refractivity contribution is 0.275. The van der Waals surface area contributed by atoms with Crippen molar-refractivity contribution in [3.05, 3.63) is 0 Å². The molecule has 5 nitrogen and oxygen atoms in total. The van der Waals surface area contributed by atoms with Gasteiger partial charge >= 0.3 is 7.75 Å². The molecule has 0 bridgehead atoms. The lowest BCUT2D eigenvalue weighted by Crippen LogP contribution is -2.27. The first-order valence-electron chi connectivity index (χ1n) is 4.59. The molecule has 0 aliphatic carbocycles. The number of hydrogen-bond acceptors (Lipinski definition) is 4. The predicted octanol–water partition coefficient (Wildman–Crippen LogP) is 3.41. The molecule has 8 heteroatoms. The van der Waals surface area contributed by atoms with E-state index in [1.165, 1.54) is 21.3 Å². The zero-order valence-corrected chi connectivity index (χ0v) is 12.1. The second-order valence-corrected chi connectivity index (χ2v) is 6.25. The molecule has 0 aromatic heterocycles. The lowest BCUT2D eigenvalue weighted by atomic mass is 10.2. The third-order valence-corrected chi connectivity index (χ3v) is 3.80. The average Bonchev–Trinajstić information content (AvgIpc) is 2.25. The Hall–Kier alpha value is 0.200. The molecule has 0 atom stereocenters. The zero-order chi connectivity index (χ0) is 12.8. The van der Waals surface area contributed by atoms with Gasteiger partial charge in [0.15, 0.2) is 4.33 Å². The van der Waals surface area contributed by atoms with Gasteiger partial charge in [-0.05, 0) is 6.42 Å². The number of hydrogen-bond donors (Lipinski definition) is 0. The van der Waals surface area contributed by atoms with Crippen LogP contribution >= 0.6 is 30.9 Å². The Balaban J connectivity index is 5.12. The van der Waals surface area contributed by atoms with E-state index in [0.29, 0.717) is 6.42 Å². The fraction of sp³-hybridized carbons (Fsp3) is 0.875. The Bertz CT molecular complexity index is 288. The number of ether oxygens (including phenoxy) is 1. The van der Waals surface area contributed by atoms with Crippen LogP contribution in [0.3, 0.4) is 0 Å². The molecule has 0 saturated carbocycles. The van der Waals surface area contributed by atoms with Gasteiger partial charge in [-0.2, -0.15) is 0 Å².